The molecule has 0 radical (unpaired) electrons. The van der Waals surface area contributed by atoms with E-state index >= 15 is 0 Å². The van der Waals surface area contributed by atoms with E-state index in [1.807, 2.05) is 6.07 Å². The molecule has 0 fully saturated rings. The van der Waals surface area contributed by atoms with Crippen LogP contribution < -0.4 is 4.90 Å². The SMILES string of the molecule is COC(=O)C1=C(C)N(c2ccccc2)C(=O)/C1=C/c1ccc(CN(Cc2ccc(Cl)cc2)S(=O)(=O)c2ccccc2)o1. The summed E-state index contributed by atoms with van der Waals surface area (Å²) in [5, 5.41) is 0.544. The smallest absolute Gasteiger partial charge is 0.340 e. The van der Waals surface area contributed by atoms with Crippen LogP contribution in [0.2, 0.25) is 5.02 Å². The maximum Gasteiger partial charge on any atom is 0.340 e. The number of furan rings is 1. The van der Waals surface area contributed by atoms with Crippen LogP contribution >= 0.6 is 11.6 Å². The maximum atomic E-state index is 13.6. The Morgan fingerprint density at radius 2 is 1.57 bits per heavy atom. The van der Waals surface area contributed by atoms with Gasteiger partial charge in [0.05, 0.1) is 29.7 Å². The second-order valence-corrected chi connectivity index (χ2v) is 11.9. The van der Waals surface area contributed by atoms with Crippen molar-refractivity contribution in [2.24, 2.45) is 0 Å². The third-order valence-electron chi connectivity index (χ3n) is 6.76. The van der Waals surface area contributed by atoms with Crippen molar-refractivity contribution in [2.75, 3.05) is 12.0 Å². The van der Waals surface area contributed by atoms with Crippen molar-refractivity contribution in [1.29, 1.82) is 0 Å². The van der Waals surface area contributed by atoms with Gasteiger partial charge < -0.3 is 9.15 Å². The zero-order chi connectivity index (χ0) is 29.9. The summed E-state index contributed by atoms with van der Waals surface area (Å²) in [7, 11) is -2.65. The Bertz CT molecular complexity index is 1780. The average molecular weight is 603 g/mol. The van der Waals surface area contributed by atoms with Crippen LogP contribution in [0.3, 0.4) is 0 Å². The molecule has 3 aromatic carbocycles. The van der Waals surface area contributed by atoms with Crippen molar-refractivity contribution in [3.63, 3.8) is 0 Å². The van der Waals surface area contributed by atoms with Crippen LogP contribution in [-0.4, -0.2) is 31.7 Å². The molecule has 4 aromatic rings. The number of hydrogen-bond acceptors (Lipinski definition) is 6. The van der Waals surface area contributed by atoms with E-state index in [4.69, 9.17) is 20.8 Å². The van der Waals surface area contributed by atoms with Gasteiger partial charge in [-0.05, 0) is 67.1 Å². The first-order valence-electron chi connectivity index (χ1n) is 13.0. The van der Waals surface area contributed by atoms with E-state index in [0.29, 0.717) is 22.2 Å². The number of esters is 1. The topological polar surface area (TPSA) is 97.1 Å². The van der Waals surface area contributed by atoms with Gasteiger partial charge >= 0.3 is 5.97 Å². The minimum atomic E-state index is -3.90. The van der Waals surface area contributed by atoms with Crippen LogP contribution in [0.15, 0.2) is 123 Å². The number of nitrogens with zero attached hydrogens (tertiary/aromatic N) is 2. The Hall–Kier alpha value is -4.44. The van der Waals surface area contributed by atoms with E-state index in [1.165, 1.54) is 34.5 Å². The first-order chi connectivity index (χ1) is 20.2. The molecule has 0 atom stereocenters. The van der Waals surface area contributed by atoms with Gasteiger partial charge in [-0.25, -0.2) is 13.2 Å². The highest BCUT2D eigenvalue weighted by Crippen LogP contribution is 2.35. The molecule has 1 aliphatic heterocycles. The van der Waals surface area contributed by atoms with Crippen molar-refractivity contribution in [1.82, 2.24) is 4.31 Å². The van der Waals surface area contributed by atoms with Gasteiger partial charge in [0, 0.05) is 23.0 Å². The van der Waals surface area contributed by atoms with Crippen LogP contribution in [0.5, 0.6) is 0 Å². The average Bonchev–Trinajstić information content (AvgIpc) is 3.54. The molecule has 214 valence electrons. The Balaban J connectivity index is 1.47. The van der Waals surface area contributed by atoms with Crippen LogP contribution in [0, 0.1) is 0 Å². The van der Waals surface area contributed by atoms with Crippen molar-refractivity contribution in [3.8, 4) is 0 Å². The third-order valence-corrected chi connectivity index (χ3v) is 8.82. The summed E-state index contributed by atoms with van der Waals surface area (Å²) in [6, 6.07) is 27.3. The largest absolute Gasteiger partial charge is 0.465 e. The minimum absolute atomic E-state index is 0.0739. The maximum absolute atomic E-state index is 13.6. The number of amides is 1. The summed E-state index contributed by atoms with van der Waals surface area (Å²) in [4.78, 5) is 27.8. The van der Waals surface area contributed by atoms with E-state index in [9.17, 15) is 18.0 Å². The first-order valence-corrected chi connectivity index (χ1v) is 14.8. The summed E-state index contributed by atoms with van der Waals surface area (Å²) < 4.78 is 39.6. The molecular weight excluding hydrogens is 576 g/mol. The zero-order valence-electron chi connectivity index (χ0n) is 22.9. The van der Waals surface area contributed by atoms with E-state index in [0.717, 1.165) is 5.56 Å². The number of carbonyl (C=O) groups is 2. The van der Waals surface area contributed by atoms with Gasteiger partial charge in [0.25, 0.3) is 5.91 Å². The summed E-state index contributed by atoms with van der Waals surface area (Å²) in [6.45, 7) is 1.67. The molecule has 8 nitrogen and oxygen atoms in total. The molecule has 1 amide bonds. The van der Waals surface area contributed by atoms with Gasteiger partial charge in [0.2, 0.25) is 10.0 Å². The molecule has 5 rings (SSSR count). The molecule has 10 heteroatoms. The lowest BCUT2D eigenvalue weighted by Gasteiger charge is -2.21. The van der Waals surface area contributed by atoms with Crippen molar-refractivity contribution in [3.05, 3.63) is 136 Å². The number of ether oxygens (including phenoxy) is 1. The Morgan fingerprint density at radius 3 is 2.21 bits per heavy atom. The third kappa shape index (κ3) is 5.94. The predicted octanol–water partition coefficient (Wildman–Crippen LogP) is 6.20. The standard InChI is InChI=1S/C32H27ClN2O6S/c1-22-30(32(37)40-2)29(31(36)35(22)25-9-5-3-6-10-25)19-26-17-18-27(41-26)21-34(20-23-13-15-24(33)16-14-23)42(38,39)28-11-7-4-8-12-28/h3-19H,20-21H2,1-2H3/b29-19+. The molecule has 0 bridgehead atoms. The van der Waals surface area contributed by atoms with Crippen LogP contribution in [0.4, 0.5) is 5.69 Å². The number of carbonyl (C=O) groups excluding carboxylic acids is 2. The summed E-state index contributed by atoms with van der Waals surface area (Å²) in [5.41, 5.74) is 2.01. The lowest BCUT2D eigenvalue weighted by Crippen LogP contribution is -2.30. The van der Waals surface area contributed by atoms with Gasteiger partial charge in [-0.2, -0.15) is 4.31 Å². The molecule has 0 saturated carbocycles. The van der Waals surface area contributed by atoms with Gasteiger partial charge in [0.1, 0.15) is 11.5 Å². The number of methoxy groups -OCH3 is 1. The normalized spacial score (nSPS) is 14.7. The van der Waals surface area contributed by atoms with E-state index in [-0.39, 0.29) is 34.9 Å². The summed E-state index contributed by atoms with van der Waals surface area (Å²) in [6.07, 6.45) is 1.47. The van der Waals surface area contributed by atoms with E-state index in [2.05, 4.69) is 0 Å². The van der Waals surface area contributed by atoms with E-state index in [1.54, 1.807) is 85.8 Å². The summed E-state index contributed by atoms with van der Waals surface area (Å²) in [5.74, 6) is -0.435. The summed E-state index contributed by atoms with van der Waals surface area (Å²) >= 11 is 6.03. The highest BCUT2D eigenvalue weighted by molar-refractivity contribution is 7.89. The predicted molar refractivity (Wildman–Crippen MR) is 160 cm³/mol. The number of sulfonamides is 1. The number of benzene rings is 3. The second-order valence-electron chi connectivity index (χ2n) is 9.50. The minimum Gasteiger partial charge on any atom is -0.465 e. The quantitative estimate of drug-likeness (QED) is 0.167. The fourth-order valence-corrected chi connectivity index (χ4v) is 6.24. The molecule has 0 aliphatic carbocycles. The van der Waals surface area contributed by atoms with Crippen LogP contribution in [-0.2, 0) is 37.4 Å². The Kier molecular flexibility index (Phi) is 8.44. The molecule has 1 aliphatic rings. The first kappa shape index (κ1) is 29.1. The lowest BCUT2D eigenvalue weighted by molar-refractivity contribution is -0.136. The Labute approximate surface area is 249 Å². The van der Waals surface area contributed by atoms with Crippen molar-refractivity contribution in [2.45, 2.75) is 24.9 Å². The van der Waals surface area contributed by atoms with Gasteiger partial charge in [-0.15, -0.1) is 0 Å². The van der Waals surface area contributed by atoms with Gasteiger partial charge in [-0.1, -0.05) is 60.1 Å². The molecule has 0 N–H and O–H groups in total. The number of hydrogen-bond donors (Lipinski definition) is 0. The molecular formula is C32H27ClN2O6S. The number of para-hydroxylation sites is 1. The number of halogens is 1. The monoisotopic (exact) mass is 602 g/mol. The number of allylic oxidation sites excluding steroid dienone is 1. The fourth-order valence-electron chi connectivity index (χ4n) is 4.70. The molecule has 0 spiro atoms. The van der Waals surface area contributed by atoms with Crippen molar-refractivity contribution < 1.29 is 27.2 Å². The lowest BCUT2D eigenvalue weighted by atomic mass is 10.1. The fraction of sp³-hybridized carbons (Fsp3) is 0.125. The second kappa shape index (κ2) is 12.2. The van der Waals surface area contributed by atoms with E-state index < -0.39 is 21.9 Å². The zero-order valence-corrected chi connectivity index (χ0v) is 24.4. The molecule has 2 heterocycles. The van der Waals surface area contributed by atoms with Gasteiger partial charge in [-0.3, -0.25) is 9.69 Å². The molecule has 0 saturated heterocycles. The van der Waals surface area contributed by atoms with Crippen LogP contribution in [0.25, 0.3) is 6.08 Å². The number of anilines is 1. The molecule has 42 heavy (non-hydrogen) atoms. The van der Waals surface area contributed by atoms with Crippen LogP contribution in [0.1, 0.15) is 24.0 Å². The highest BCUT2D eigenvalue weighted by Gasteiger charge is 2.38. The van der Waals surface area contributed by atoms with Crippen molar-refractivity contribution >= 4 is 45.3 Å². The Morgan fingerprint density at radius 1 is 0.929 bits per heavy atom. The van der Waals surface area contributed by atoms with Gasteiger partial charge in [0.15, 0.2) is 0 Å². The number of rotatable bonds is 9. The molecule has 1 aromatic heterocycles. The molecule has 0 unspecified atom stereocenters. The highest BCUT2D eigenvalue weighted by atomic mass is 35.5.